The van der Waals surface area contributed by atoms with E-state index in [-0.39, 0.29) is 5.54 Å². The van der Waals surface area contributed by atoms with E-state index in [0.29, 0.717) is 5.95 Å². The predicted octanol–water partition coefficient (Wildman–Crippen LogP) is 2.55. The monoisotopic (exact) mass is 218 g/mol. The summed E-state index contributed by atoms with van der Waals surface area (Å²) in [5, 5.41) is 0. The summed E-state index contributed by atoms with van der Waals surface area (Å²) < 4.78 is 2.03. The third kappa shape index (κ3) is 1.64. The Morgan fingerprint density at radius 1 is 1.44 bits per heavy atom. The maximum atomic E-state index is 5.98. The van der Waals surface area contributed by atoms with Crippen LogP contribution in [0.5, 0.6) is 0 Å². The summed E-state index contributed by atoms with van der Waals surface area (Å²) in [6.45, 7) is 6.51. The van der Waals surface area contributed by atoms with Gasteiger partial charge in [-0.05, 0) is 32.4 Å². The van der Waals surface area contributed by atoms with Crippen LogP contribution in [0, 0.1) is 0 Å². The van der Waals surface area contributed by atoms with Gasteiger partial charge in [0.25, 0.3) is 0 Å². The van der Waals surface area contributed by atoms with Crippen molar-refractivity contribution in [1.29, 1.82) is 0 Å². The number of pyridine rings is 1. The molecule has 0 aliphatic rings. The molecule has 0 radical (unpaired) electrons. The number of nitrogens with zero attached hydrogens (tertiary/aromatic N) is 3. The Bertz CT molecular complexity index is 499. The minimum atomic E-state index is -0.0397. The molecule has 2 aromatic heterocycles. The molecule has 16 heavy (non-hydrogen) atoms. The summed E-state index contributed by atoms with van der Waals surface area (Å²) in [6.07, 6.45) is 3.94. The van der Waals surface area contributed by atoms with Crippen molar-refractivity contribution in [3.63, 3.8) is 0 Å². The molecule has 4 heteroatoms. The van der Waals surface area contributed by atoms with E-state index in [9.17, 15) is 0 Å². The largest absolute Gasteiger partial charge is 0.369 e. The fraction of sp³-hybridized carbons (Fsp3) is 0.500. The van der Waals surface area contributed by atoms with Gasteiger partial charge < -0.3 is 5.73 Å². The number of nitrogens with two attached hydrogens (primary N) is 1. The zero-order valence-corrected chi connectivity index (χ0v) is 10.1. The number of fused-ring (bicyclic) bond motifs is 1. The van der Waals surface area contributed by atoms with Crippen LogP contribution in [-0.4, -0.2) is 14.5 Å². The third-order valence-electron chi connectivity index (χ3n) is 2.91. The molecule has 2 aromatic rings. The minimum absolute atomic E-state index is 0.0397. The molecule has 0 bridgehead atoms. The van der Waals surface area contributed by atoms with Gasteiger partial charge >= 0.3 is 0 Å². The summed E-state index contributed by atoms with van der Waals surface area (Å²) in [4.78, 5) is 8.71. The zero-order chi connectivity index (χ0) is 11.8. The molecule has 0 aromatic carbocycles. The molecule has 2 rings (SSSR count). The summed E-state index contributed by atoms with van der Waals surface area (Å²) >= 11 is 0. The van der Waals surface area contributed by atoms with Crippen molar-refractivity contribution in [2.24, 2.45) is 0 Å². The van der Waals surface area contributed by atoms with Crippen molar-refractivity contribution in [3.8, 4) is 0 Å². The van der Waals surface area contributed by atoms with Gasteiger partial charge in [-0.3, -0.25) is 4.57 Å². The summed E-state index contributed by atoms with van der Waals surface area (Å²) in [5.41, 5.74) is 7.68. The quantitative estimate of drug-likeness (QED) is 0.861. The molecule has 2 N–H and O–H groups in total. The third-order valence-corrected chi connectivity index (χ3v) is 2.91. The molecular weight excluding hydrogens is 200 g/mol. The number of anilines is 1. The van der Waals surface area contributed by atoms with Crippen molar-refractivity contribution in [1.82, 2.24) is 14.5 Å². The Morgan fingerprint density at radius 3 is 2.88 bits per heavy atom. The van der Waals surface area contributed by atoms with Crippen LogP contribution >= 0.6 is 0 Å². The summed E-state index contributed by atoms with van der Waals surface area (Å²) in [7, 11) is 0. The number of hydrogen-bond acceptors (Lipinski definition) is 3. The Hall–Kier alpha value is -1.58. The van der Waals surface area contributed by atoms with Crippen molar-refractivity contribution < 1.29 is 0 Å². The van der Waals surface area contributed by atoms with Gasteiger partial charge in [0.2, 0.25) is 5.95 Å². The van der Waals surface area contributed by atoms with Crippen molar-refractivity contribution >= 4 is 17.1 Å². The first-order valence-corrected chi connectivity index (χ1v) is 5.65. The molecule has 0 fully saturated rings. The topological polar surface area (TPSA) is 56.7 Å². The Balaban J connectivity index is 2.63. The molecular formula is C12H18N4. The Morgan fingerprint density at radius 2 is 2.19 bits per heavy atom. The molecule has 0 saturated heterocycles. The van der Waals surface area contributed by atoms with E-state index in [1.165, 1.54) is 0 Å². The smallest absolute Gasteiger partial charge is 0.202 e. The van der Waals surface area contributed by atoms with Crippen molar-refractivity contribution in [3.05, 3.63) is 18.3 Å². The van der Waals surface area contributed by atoms with E-state index in [0.717, 1.165) is 24.0 Å². The predicted molar refractivity (Wildman–Crippen MR) is 66.2 cm³/mol. The molecule has 4 nitrogen and oxygen atoms in total. The number of imidazole rings is 1. The highest BCUT2D eigenvalue weighted by molar-refractivity contribution is 5.74. The number of aromatic nitrogens is 3. The van der Waals surface area contributed by atoms with E-state index in [1.54, 1.807) is 6.20 Å². The highest BCUT2D eigenvalue weighted by Gasteiger charge is 2.24. The van der Waals surface area contributed by atoms with E-state index in [1.807, 2.05) is 16.7 Å². The van der Waals surface area contributed by atoms with Crippen LogP contribution in [-0.2, 0) is 5.54 Å². The maximum Gasteiger partial charge on any atom is 0.202 e. The van der Waals surface area contributed by atoms with E-state index >= 15 is 0 Å². The van der Waals surface area contributed by atoms with Crippen molar-refractivity contribution in [2.75, 3.05) is 5.73 Å². The van der Waals surface area contributed by atoms with Gasteiger partial charge in [0, 0.05) is 11.7 Å². The van der Waals surface area contributed by atoms with Crippen molar-refractivity contribution in [2.45, 2.75) is 39.2 Å². The SMILES string of the molecule is CCCC(C)(C)n1c(N)nc2cccnc21. The molecule has 2 heterocycles. The second kappa shape index (κ2) is 3.77. The van der Waals surface area contributed by atoms with Gasteiger partial charge in [-0.15, -0.1) is 0 Å². The Labute approximate surface area is 95.5 Å². The summed E-state index contributed by atoms with van der Waals surface area (Å²) in [6, 6.07) is 3.82. The summed E-state index contributed by atoms with van der Waals surface area (Å²) in [5.74, 6) is 0.548. The number of rotatable bonds is 3. The molecule has 86 valence electrons. The van der Waals surface area contributed by atoms with Crippen LogP contribution in [0.2, 0.25) is 0 Å². The van der Waals surface area contributed by atoms with Crippen LogP contribution in [0.25, 0.3) is 11.2 Å². The zero-order valence-electron chi connectivity index (χ0n) is 10.1. The second-order valence-corrected chi connectivity index (χ2v) is 4.71. The van der Waals surface area contributed by atoms with Gasteiger partial charge in [-0.25, -0.2) is 9.97 Å². The molecule has 0 aliphatic carbocycles. The van der Waals surface area contributed by atoms with Gasteiger partial charge in [0.15, 0.2) is 5.65 Å². The lowest BCUT2D eigenvalue weighted by molar-refractivity contribution is 0.336. The normalized spacial score (nSPS) is 12.2. The molecule has 0 spiro atoms. The van der Waals surface area contributed by atoms with Crippen LogP contribution in [0.4, 0.5) is 5.95 Å². The minimum Gasteiger partial charge on any atom is -0.369 e. The van der Waals surface area contributed by atoms with Gasteiger partial charge in [0.1, 0.15) is 5.52 Å². The molecule has 0 saturated carbocycles. The van der Waals surface area contributed by atoms with E-state index in [4.69, 9.17) is 5.73 Å². The van der Waals surface area contributed by atoms with Gasteiger partial charge in [0.05, 0.1) is 0 Å². The molecule has 0 aliphatic heterocycles. The van der Waals surface area contributed by atoms with E-state index < -0.39 is 0 Å². The molecule has 0 amide bonds. The number of hydrogen-bond donors (Lipinski definition) is 1. The van der Waals surface area contributed by atoms with E-state index in [2.05, 4.69) is 30.7 Å². The first-order chi connectivity index (χ1) is 7.56. The van der Waals surface area contributed by atoms with Crippen LogP contribution in [0.3, 0.4) is 0 Å². The fourth-order valence-electron chi connectivity index (χ4n) is 2.25. The number of nitrogen functional groups attached to an aromatic ring is 1. The average molecular weight is 218 g/mol. The fourth-order valence-corrected chi connectivity index (χ4v) is 2.25. The first-order valence-electron chi connectivity index (χ1n) is 5.65. The van der Waals surface area contributed by atoms with Crippen LogP contribution < -0.4 is 5.73 Å². The Kier molecular flexibility index (Phi) is 2.58. The van der Waals surface area contributed by atoms with Crippen LogP contribution in [0.1, 0.15) is 33.6 Å². The average Bonchev–Trinajstić information content (AvgIpc) is 2.53. The lowest BCUT2D eigenvalue weighted by Crippen LogP contribution is -2.27. The second-order valence-electron chi connectivity index (χ2n) is 4.71. The standard InChI is InChI=1S/C12H18N4/c1-4-7-12(2,3)16-10-9(15-11(16)13)6-5-8-14-10/h5-6,8H,4,7H2,1-3H3,(H2,13,15). The van der Waals surface area contributed by atoms with Crippen LogP contribution in [0.15, 0.2) is 18.3 Å². The highest BCUT2D eigenvalue weighted by Crippen LogP contribution is 2.28. The first kappa shape index (κ1) is 10.9. The maximum absolute atomic E-state index is 5.98. The molecule has 0 unspecified atom stereocenters. The highest BCUT2D eigenvalue weighted by atomic mass is 15.2. The van der Waals surface area contributed by atoms with Gasteiger partial charge in [-0.1, -0.05) is 13.3 Å². The lowest BCUT2D eigenvalue weighted by Gasteiger charge is -2.27. The lowest BCUT2D eigenvalue weighted by atomic mass is 9.98. The van der Waals surface area contributed by atoms with Gasteiger partial charge in [-0.2, -0.15) is 0 Å². The molecule has 0 atom stereocenters.